The summed E-state index contributed by atoms with van der Waals surface area (Å²) in [5.41, 5.74) is 2.92. The zero-order chi connectivity index (χ0) is 12.4. The molecule has 2 aromatic rings. The first-order valence-electron chi connectivity index (χ1n) is 5.66. The predicted octanol–water partition coefficient (Wildman–Crippen LogP) is 2.71. The minimum absolute atomic E-state index is 0.391. The minimum Gasteiger partial charge on any atom is -0.494 e. The molecule has 17 heavy (non-hydrogen) atoms. The van der Waals surface area contributed by atoms with Crippen molar-refractivity contribution in [3.63, 3.8) is 0 Å². The fraction of sp³-hybridized carbons (Fsp3) is 0.385. The standard InChI is InChI=1S/C13H17N3O/c1-9(2)11-5-13(17-4)12(6-14-11)16-7-10(3)15-8-16/h5-9H,1-4H3. The van der Waals surface area contributed by atoms with E-state index >= 15 is 0 Å². The summed E-state index contributed by atoms with van der Waals surface area (Å²) in [6.45, 7) is 6.19. The average Bonchev–Trinajstić information content (AvgIpc) is 2.74. The van der Waals surface area contributed by atoms with Gasteiger partial charge in [0.2, 0.25) is 0 Å². The van der Waals surface area contributed by atoms with E-state index in [9.17, 15) is 0 Å². The van der Waals surface area contributed by atoms with Crippen LogP contribution >= 0.6 is 0 Å². The van der Waals surface area contributed by atoms with E-state index < -0.39 is 0 Å². The summed E-state index contributed by atoms with van der Waals surface area (Å²) >= 11 is 0. The normalized spacial score (nSPS) is 10.9. The topological polar surface area (TPSA) is 39.9 Å². The maximum Gasteiger partial charge on any atom is 0.146 e. The van der Waals surface area contributed by atoms with Crippen molar-refractivity contribution in [1.82, 2.24) is 14.5 Å². The van der Waals surface area contributed by atoms with Crippen molar-refractivity contribution in [2.75, 3.05) is 7.11 Å². The molecule has 0 saturated carbocycles. The molecule has 0 radical (unpaired) electrons. The van der Waals surface area contributed by atoms with E-state index in [1.807, 2.05) is 30.0 Å². The zero-order valence-corrected chi connectivity index (χ0v) is 10.6. The van der Waals surface area contributed by atoms with Crippen molar-refractivity contribution >= 4 is 0 Å². The Labute approximate surface area is 101 Å². The highest BCUT2D eigenvalue weighted by atomic mass is 16.5. The maximum absolute atomic E-state index is 5.41. The largest absolute Gasteiger partial charge is 0.494 e. The third-order valence-electron chi connectivity index (χ3n) is 2.67. The van der Waals surface area contributed by atoms with Gasteiger partial charge in [-0.3, -0.25) is 4.98 Å². The highest BCUT2D eigenvalue weighted by Gasteiger charge is 2.09. The third kappa shape index (κ3) is 2.30. The van der Waals surface area contributed by atoms with Crippen molar-refractivity contribution in [2.24, 2.45) is 0 Å². The van der Waals surface area contributed by atoms with Crippen LogP contribution in [0.3, 0.4) is 0 Å². The van der Waals surface area contributed by atoms with Gasteiger partial charge in [-0.2, -0.15) is 0 Å². The molecule has 0 atom stereocenters. The van der Waals surface area contributed by atoms with Gasteiger partial charge in [-0.15, -0.1) is 0 Å². The Hall–Kier alpha value is -1.84. The predicted molar refractivity (Wildman–Crippen MR) is 66.7 cm³/mol. The highest BCUT2D eigenvalue weighted by molar-refractivity contribution is 5.46. The molecule has 0 saturated heterocycles. The van der Waals surface area contributed by atoms with Gasteiger partial charge in [0.15, 0.2) is 0 Å². The first-order valence-corrected chi connectivity index (χ1v) is 5.66. The first kappa shape index (κ1) is 11.6. The molecule has 0 aliphatic carbocycles. The van der Waals surface area contributed by atoms with Gasteiger partial charge in [-0.1, -0.05) is 13.8 Å². The van der Waals surface area contributed by atoms with Crippen molar-refractivity contribution in [1.29, 1.82) is 0 Å². The Morgan fingerprint density at radius 3 is 2.59 bits per heavy atom. The van der Waals surface area contributed by atoms with E-state index in [-0.39, 0.29) is 0 Å². The van der Waals surface area contributed by atoms with Gasteiger partial charge < -0.3 is 9.30 Å². The summed E-state index contributed by atoms with van der Waals surface area (Å²) in [6, 6.07) is 1.98. The van der Waals surface area contributed by atoms with Crippen LogP contribution in [0.4, 0.5) is 0 Å². The molecule has 0 spiro atoms. The fourth-order valence-electron chi connectivity index (χ4n) is 1.67. The van der Waals surface area contributed by atoms with Gasteiger partial charge >= 0.3 is 0 Å². The SMILES string of the molecule is COc1cc(C(C)C)ncc1-n1cnc(C)c1. The van der Waals surface area contributed by atoms with E-state index in [0.29, 0.717) is 5.92 Å². The van der Waals surface area contributed by atoms with Crippen LogP contribution in [0.2, 0.25) is 0 Å². The minimum atomic E-state index is 0.391. The zero-order valence-electron chi connectivity index (χ0n) is 10.6. The van der Waals surface area contributed by atoms with E-state index in [1.165, 1.54) is 0 Å². The monoisotopic (exact) mass is 231 g/mol. The lowest BCUT2D eigenvalue weighted by Crippen LogP contribution is -2.00. The lowest BCUT2D eigenvalue weighted by atomic mass is 10.1. The van der Waals surface area contributed by atoms with Crippen molar-refractivity contribution < 1.29 is 4.74 Å². The van der Waals surface area contributed by atoms with Crippen LogP contribution in [0.5, 0.6) is 5.75 Å². The Bertz CT molecular complexity index is 517. The van der Waals surface area contributed by atoms with E-state index in [1.54, 1.807) is 13.4 Å². The van der Waals surface area contributed by atoms with Gasteiger partial charge in [0.05, 0.1) is 25.3 Å². The van der Waals surface area contributed by atoms with Gasteiger partial charge in [0, 0.05) is 18.0 Å². The molecule has 4 nitrogen and oxygen atoms in total. The number of hydrogen-bond donors (Lipinski definition) is 0. The molecular weight excluding hydrogens is 214 g/mol. The Kier molecular flexibility index (Phi) is 3.13. The number of imidazole rings is 1. The second-order valence-electron chi connectivity index (χ2n) is 4.36. The number of rotatable bonds is 3. The summed E-state index contributed by atoms with van der Waals surface area (Å²) in [6.07, 6.45) is 5.55. The third-order valence-corrected chi connectivity index (χ3v) is 2.67. The van der Waals surface area contributed by atoms with Crippen LogP contribution in [0, 0.1) is 6.92 Å². The number of methoxy groups -OCH3 is 1. The van der Waals surface area contributed by atoms with E-state index in [2.05, 4.69) is 23.8 Å². The van der Waals surface area contributed by atoms with Crippen LogP contribution in [0.1, 0.15) is 31.2 Å². The van der Waals surface area contributed by atoms with Gasteiger partial charge in [0.25, 0.3) is 0 Å². The molecule has 0 unspecified atom stereocenters. The average molecular weight is 231 g/mol. The van der Waals surface area contributed by atoms with Crippen molar-refractivity contribution in [3.8, 4) is 11.4 Å². The molecule has 0 bridgehead atoms. The van der Waals surface area contributed by atoms with Crippen LogP contribution in [-0.4, -0.2) is 21.6 Å². The van der Waals surface area contributed by atoms with Crippen LogP contribution in [0.25, 0.3) is 5.69 Å². The summed E-state index contributed by atoms with van der Waals surface area (Å²) < 4.78 is 7.33. The highest BCUT2D eigenvalue weighted by Crippen LogP contribution is 2.25. The van der Waals surface area contributed by atoms with Gasteiger partial charge in [-0.05, 0) is 12.8 Å². The lowest BCUT2D eigenvalue weighted by Gasteiger charge is -2.11. The molecule has 2 rings (SSSR count). The van der Waals surface area contributed by atoms with Crippen molar-refractivity contribution in [3.05, 3.63) is 36.2 Å². The number of hydrogen-bond acceptors (Lipinski definition) is 3. The molecule has 0 N–H and O–H groups in total. The van der Waals surface area contributed by atoms with Crippen LogP contribution in [0.15, 0.2) is 24.8 Å². The molecule has 2 aromatic heterocycles. The smallest absolute Gasteiger partial charge is 0.146 e. The quantitative estimate of drug-likeness (QED) is 0.815. The Balaban J connectivity index is 2.48. The Morgan fingerprint density at radius 2 is 2.06 bits per heavy atom. The van der Waals surface area contributed by atoms with Crippen molar-refractivity contribution in [2.45, 2.75) is 26.7 Å². The molecule has 0 aliphatic rings. The molecule has 0 aromatic carbocycles. The van der Waals surface area contributed by atoms with Crippen LogP contribution < -0.4 is 4.74 Å². The summed E-state index contributed by atoms with van der Waals surface area (Å²) in [5, 5.41) is 0. The lowest BCUT2D eigenvalue weighted by molar-refractivity contribution is 0.411. The second-order valence-corrected chi connectivity index (χ2v) is 4.36. The summed E-state index contributed by atoms with van der Waals surface area (Å²) in [4.78, 5) is 8.65. The number of nitrogens with zero attached hydrogens (tertiary/aromatic N) is 3. The van der Waals surface area contributed by atoms with Gasteiger partial charge in [-0.25, -0.2) is 4.98 Å². The van der Waals surface area contributed by atoms with E-state index in [0.717, 1.165) is 22.8 Å². The maximum atomic E-state index is 5.41. The molecule has 0 aliphatic heterocycles. The molecule has 0 fully saturated rings. The molecule has 2 heterocycles. The number of aryl methyl sites for hydroxylation is 1. The summed E-state index contributed by atoms with van der Waals surface area (Å²) in [5.74, 6) is 1.21. The molecule has 90 valence electrons. The first-order chi connectivity index (χ1) is 8.11. The van der Waals surface area contributed by atoms with Crippen LogP contribution in [-0.2, 0) is 0 Å². The van der Waals surface area contributed by atoms with E-state index in [4.69, 9.17) is 4.74 Å². The van der Waals surface area contributed by atoms with Gasteiger partial charge in [0.1, 0.15) is 11.4 Å². The second kappa shape index (κ2) is 4.57. The number of pyridine rings is 1. The Morgan fingerprint density at radius 1 is 1.29 bits per heavy atom. The molecule has 4 heteroatoms. The summed E-state index contributed by atoms with van der Waals surface area (Å²) in [7, 11) is 1.67. The number of ether oxygens (including phenoxy) is 1. The molecule has 0 amide bonds. The molecular formula is C13H17N3O. The number of aromatic nitrogens is 3. The fourth-order valence-corrected chi connectivity index (χ4v) is 1.67.